The lowest BCUT2D eigenvalue weighted by molar-refractivity contribution is 0.0477. The summed E-state index contributed by atoms with van der Waals surface area (Å²) in [5.74, 6) is 0.270. The third-order valence-electron chi connectivity index (χ3n) is 4.18. The quantitative estimate of drug-likeness (QED) is 0.719. The van der Waals surface area contributed by atoms with Crippen LogP contribution < -0.4 is 4.74 Å². The van der Waals surface area contributed by atoms with Crippen molar-refractivity contribution in [1.29, 1.82) is 0 Å². The smallest absolute Gasteiger partial charge is 0.255 e. The summed E-state index contributed by atoms with van der Waals surface area (Å²) in [5.41, 5.74) is 2.78. The Kier molecular flexibility index (Phi) is 6.74. The van der Waals surface area contributed by atoms with Crippen molar-refractivity contribution in [2.45, 2.75) is 20.3 Å². The normalized spacial score (nSPS) is 11.0. The first-order valence-electron chi connectivity index (χ1n) is 8.28. The van der Waals surface area contributed by atoms with Gasteiger partial charge >= 0.3 is 0 Å². The number of ether oxygens (including phenoxy) is 2. The highest BCUT2D eigenvalue weighted by Gasteiger charge is 2.24. The van der Waals surface area contributed by atoms with Crippen LogP contribution in [0.1, 0.15) is 21.7 Å². The van der Waals surface area contributed by atoms with Crippen molar-refractivity contribution < 1.29 is 23.0 Å². The van der Waals surface area contributed by atoms with E-state index in [9.17, 15) is 13.6 Å². The first-order chi connectivity index (χ1) is 12.4. The zero-order valence-electron chi connectivity index (χ0n) is 15.5. The molecule has 7 heteroatoms. The summed E-state index contributed by atoms with van der Waals surface area (Å²) < 4.78 is 37.8. The van der Waals surface area contributed by atoms with Crippen LogP contribution in [0.25, 0.3) is 5.69 Å². The first kappa shape index (κ1) is 19.9. The predicted molar refractivity (Wildman–Crippen MR) is 95.6 cm³/mol. The number of aromatic nitrogens is 1. The van der Waals surface area contributed by atoms with Gasteiger partial charge in [0.05, 0.1) is 25.8 Å². The van der Waals surface area contributed by atoms with Gasteiger partial charge in [-0.2, -0.15) is 0 Å². The standard InChI is InChI=1S/C19H24F2N2O3/c1-13-10-17(19(24)22(8-9-25-3)12-18(20)21)14(2)23(13)15-6-5-7-16(11-15)26-4/h5-7,10-11,18H,8-9,12H2,1-4H3. The molecule has 0 bridgehead atoms. The maximum absolute atomic E-state index is 12.9. The van der Waals surface area contributed by atoms with E-state index in [1.165, 1.54) is 7.11 Å². The predicted octanol–water partition coefficient (Wildman–Crippen LogP) is 3.46. The summed E-state index contributed by atoms with van der Waals surface area (Å²) in [7, 11) is 3.06. The van der Waals surface area contributed by atoms with E-state index < -0.39 is 18.9 Å². The lowest BCUT2D eigenvalue weighted by Crippen LogP contribution is -2.37. The molecule has 1 aromatic heterocycles. The summed E-state index contributed by atoms with van der Waals surface area (Å²) in [6, 6.07) is 9.17. The number of nitrogens with zero attached hydrogens (tertiary/aromatic N) is 2. The maximum Gasteiger partial charge on any atom is 0.255 e. The van der Waals surface area contributed by atoms with Crippen molar-refractivity contribution in [2.24, 2.45) is 0 Å². The lowest BCUT2D eigenvalue weighted by atomic mass is 10.2. The average molecular weight is 366 g/mol. The summed E-state index contributed by atoms with van der Waals surface area (Å²) >= 11 is 0. The van der Waals surface area contributed by atoms with Crippen LogP contribution in [-0.2, 0) is 4.74 Å². The fourth-order valence-electron chi connectivity index (χ4n) is 2.94. The van der Waals surface area contributed by atoms with Gasteiger partial charge < -0.3 is 18.9 Å². The van der Waals surface area contributed by atoms with Crippen LogP contribution in [0.2, 0.25) is 0 Å². The third-order valence-corrected chi connectivity index (χ3v) is 4.18. The van der Waals surface area contributed by atoms with Crippen LogP contribution in [0, 0.1) is 13.8 Å². The van der Waals surface area contributed by atoms with Gasteiger partial charge in [0.2, 0.25) is 0 Å². The highest BCUT2D eigenvalue weighted by Crippen LogP contribution is 2.24. The van der Waals surface area contributed by atoms with Crippen molar-refractivity contribution in [3.63, 3.8) is 0 Å². The minimum absolute atomic E-state index is 0.114. The van der Waals surface area contributed by atoms with Crippen LogP contribution in [0.3, 0.4) is 0 Å². The molecule has 0 unspecified atom stereocenters. The van der Waals surface area contributed by atoms with Crippen LogP contribution in [0.5, 0.6) is 5.75 Å². The number of aryl methyl sites for hydroxylation is 1. The summed E-state index contributed by atoms with van der Waals surface area (Å²) in [4.78, 5) is 14.0. The van der Waals surface area contributed by atoms with Gasteiger partial charge in [-0.05, 0) is 32.0 Å². The zero-order chi connectivity index (χ0) is 19.3. The topological polar surface area (TPSA) is 43.7 Å². The van der Waals surface area contributed by atoms with E-state index in [2.05, 4.69) is 0 Å². The molecule has 0 radical (unpaired) electrons. The van der Waals surface area contributed by atoms with Gasteiger partial charge in [-0.25, -0.2) is 8.78 Å². The van der Waals surface area contributed by atoms with Crippen molar-refractivity contribution >= 4 is 5.91 Å². The average Bonchev–Trinajstić information content (AvgIpc) is 2.92. The SMILES string of the molecule is COCCN(CC(F)F)C(=O)c1cc(C)n(-c2cccc(OC)c2)c1C. The molecule has 0 aliphatic rings. The monoisotopic (exact) mass is 366 g/mol. The van der Waals surface area contributed by atoms with Crippen molar-refractivity contribution in [3.8, 4) is 11.4 Å². The van der Waals surface area contributed by atoms with Crippen LogP contribution in [0.15, 0.2) is 30.3 Å². The fourth-order valence-corrected chi connectivity index (χ4v) is 2.94. The minimum atomic E-state index is -2.60. The Balaban J connectivity index is 2.39. The largest absolute Gasteiger partial charge is 0.497 e. The number of hydrogen-bond acceptors (Lipinski definition) is 3. The third kappa shape index (κ3) is 4.40. The van der Waals surface area contributed by atoms with Crippen LogP contribution >= 0.6 is 0 Å². The Labute approximate surface area is 152 Å². The number of amides is 1. The van der Waals surface area contributed by atoms with E-state index in [4.69, 9.17) is 9.47 Å². The molecule has 1 heterocycles. The molecule has 0 aliphatic carbocycles. The summed E-state index contributed by atoms with van der Waals surface area (Å²) in [6.07, 6.45) is -2.60. The molecule has 2 aromatic rings. The number of alkyl halides is 2. The fraction of sp³-hybridized carbons (Fsp3) is 0.421. The Morgan fingerprint density at radius 3 is 2.58 bits per heavy atom. The van der Waals surface area contributed by atoms with Gasteiger partial charge in [0.1, 0.15) is 5.75 Å². The number of carbonyl (C=O) groups is 1. The molecule has 0 aliphatic heterocycles. The Morgan fingerprint density at radius 2 is 1.96 bits per heavy atom. The van der Waals surface area contributed by atoms with Gasteiger partial charge in [0.25, 0.3) is 12.3 Å². The Hall–Kier alpha value is -2.41. The molecule has 0 saturated carbocycles. The molecule has 142 valence electrons. The van der Waals surface area contributed by atoms with E-state index in [-0.39, 0.29) is 13.2 Å². The Bertz CT molecular complexity index is 759. The number of methoxy groups -OCH3 is 2. The van der Waals surface area contributed by atoms with E-state index in [1.54, 1.807) is 20.1 Å². The molecule has 1 amide bonds. The number of rotatable bonds is 8. The van der Waals surface area contributed by atoms with Gasteiger partial charge in [-0.3, -0.25) is 4.79 Å². The van der Waals surface area contributed by atoms with E-state index in [0.29, 0.717) is 17.0 Å². The van der Waals surface area contributed by atoms with Gasteiger partial charge in [-0.1, -0.05) is 6.07 Å². The van der Waals surface area contributed by atoms with Gasteiger partial charge in [0.15, 0.2) is 0 Å². The number of halogens is 2. The van der Waals surface area contributed by atoms with E-state index in [0.717, 1.165) is 16.3 Å². The molecular formula is C19H24F2N2O3. The second kappa shape index (κ2) is 8.80. The number of carbonyl (C=O) groups excluding carboxylic acids is 1. The summed E-state index contributed by atoms with van der Waals surface area (Å²) in [6.45, 7) is 3.37. The zero-order valence-corrected chi connectivity index (χ0v) is 15.5. The molecule has 2 rings (SSSR count). The van der Waals surface area contributed by atoms with E-state index in [1.807, 2.05) is 35.8 Å². The van der Waals surface area contributed by atoms with E-state index >= 15 is 0 Å². The molecule has 26 heavy (non-hydrogen) atoms. The van der Waals surface area contributed by atoms with Gasteiger partial charge in [0, 0.05) is 36.8 Å². The molecule has 0 N–H and O–H groups in total. The van der Waals surface area contributed by atoms with Crippen LogP contribution in [0.4, 0.5) is 8.78 Å². The first-order valence-corrected chi connectivity index (χ1v) is 8.28. The number of hydrogen-bond donors (Lipinski definition) is 0. The second-order valence-electron chi connectivity index (χ2n) is 5.96. The van der Waals surface area contributed by atoms with Crippen molar-refractivity contribution in [3.05, 3.63) is 47.3 Å². The summed E-state index contributed by atoms with van der Waals surface area (Å²) in [5, 5.41) is 0. The number of benzene rings is 1. The molecule has 0 fully saturated rings. The van der Waals surface area contributed by atoms with Crippen molar-refractivity contribution in [1.82, 2.24) is 9.47 Å². The molecular weight excluding hydrogens is 342 g/mol. The minimum Gasteiger partial charge on any atom is -0.497 e. The lowest BCUT2D eigenvalue weighted by Gasteiger charge is -2.22. The molecule has 0 saturated heterocycles. The maximum atomic E-state index is 12.9. The molecule has 0 spiro atoms. The highest BCUT2D eigenvalue weighted by molar-refractivity contribution is 5.96. The van der Waals surface area contributed by atoms with Crippen LogP contribution in [-0.4, -0.2) is 55.7 Å². The van der Waals surface area contributed by atoms with Gasteiger partial charge in [-0.15, -0.1) is 0 Å². The molecule has 5 nitrogen and oxygen atoms in total. The molecule has 0 atom stereocenters. The Morgan fingerprint density at radius 1 is 1.23 bits per heavy atom. The second-order valence-corrected chi connectivity index (χ2v) is 5.96. The highest BCUT2D eigenvalue weighted by atomic mass is 19.3. The molecule has 1 aromatic carbocycles. The van der Waals surface area contributed by atoms with Crippen molar-refractivity contribution in [2.75, 3.05) is 33.9 Å².